The Morgan fingerprint density at radius 2 is 2.35 bits per heavy atom. The van der Waals surface area contributed by atoms with Gasteiger partial charge in [0.15, 0.2) is 0 Å². The minimum absolute atomic E-state index is 0.237. The van der Waals surface area contributed by atoms with Crippen molar-refractivity contribution in [3.63, 3.8) is 0 Å². The molecule has 6 heteroatoms. The van der Waals surface area contributed by atoms with Gasteiger partial charge >= 0.3 is 0 Å². The standard InChI is InChI=1S/C11H15N3O2S/c1-2-16-6-5-13-11(15)9-4-3-8(7-14-9)10(12)17/h3-4,7H,2,5-6H2,1H3,(H2,12,17)(H,13,15). The van der Waals surface area contributed by atoms with Gasteiger partial charge in [-0.1, -0.05) is 12.2 Å². The molecule has 0 saturated carbocycles. The second kappa shape index (κ2) is 6.93. The molecule has 0 radical (unpaired) electrons. The molecule has 1 aromatic heterocycles. The number of carbonyl (C=O) groups is 1. The van der Waals surface area contributed by atoms with Crippen LogP contribution in [-0.2, 0) is 4.74 Å². The van der Waals surface area contributed by atoms with Crippen LogP contribution < -0.4 is 11.1 Å². The number of pyridine rings is 1. The minimum atomic E-state index is -0.237. The molecule has 0 aliphatic heterocycles. The van der Waals surface area contributed by atoms with Crippen molar-refractivity contribution in [2.75, 3.05) is 19.8 Å². The Hall–Kier alpha value is -1.53. The van der Waals surface area contributed by atoms with Gasteiger partial charge < -0.3 is 15.8 Å². The van der Waals surface area contributed by atoms with Crippen LogP contribution in [0.5, 0.6) is 0 Å². The van der Waals surface area contributed by atoms with Crippen LogP contribution in [0, 0.1) is 0 Å². The molecule has 0 fully saturated rings. The van der Waals surface area contributed by atoms with Crippen LogP contribution in [0.2, 0.25) is 0 Å². The van der Waals surface area contributed by atoms with E-state index in [-0.39, 0.29) is 10.9 Å². The van der Waals surface area contributed by atoms with Crippen LogP contribution in [0.3, 0.4) is 0 Å². The Balaban J connectivity index is 2.49. The Kier molecular flexibility index (Phi) is 5.51. The number of rotatable bonds is 6. The molecule has 92 valence electrons. The van der Waals surface area contributed by atoms with Crippen molar-refractivity contribution >= 4 is 23.1 Å². The van der Waals surface area contributed by atoms with Crippen LogP contribution in [-0.4, -0.2) is 35.6 Å². The zero-order valence-corrected chi connectivity index (χ0v) is 10.4. The third kappa shape index (κ3) is 4.46. The fourth-order valence-corrected chi connectivity index (χ4v) is 1.27. The van der Waals surface area contributed by atoms with Gasteiger partial charge in [-0.15, -0.1) is 0 Å². The monoisotopic (exact) mass is 253 g/mol. The topological polar surface area (TPSA) is 77.2 Å². The number of nitrogens with one attached hydrogen (secondary N) is 1. The summed E-state index contributed by atoms with van der Waals surface area (Å²) in [6, 6.07) is 3.26. The first-order valence-electron chi connectivity index (χ1n) is 5.27. The van der Waals surface area contributed by atoms with Crippen molar-refractivity contribution in [1.82, 2.24) is 10.3 Å². The van der Waals surface area contributed by atoms with Gasteiger partial charge in [0, 0.05) is 24.9 Å². The molecule has 0 bridgehead atoms. The van der Waals surface area contributed by atoms with Gasteiger partial charge in [0.25, 0.3) is 5.91 Å². The first-order valence-corrected chi connectivity index (χ1v) is 5.67. The van der Waals surface area contributed by atoms with Crippen molar-refractivity contribution in [1.29, 1.82) is 0 Å². The van der Waals surface area contributed by atoms with E-state index in [0.29, 0.717) is 31.0 Å². The lowest BCUT2D eigenvalue weighted by molar-refractivity contribution is 0.0918. The molecule has 1 aromatic rings. The Labute approximate surface area is 105 Å². The first kappa shape index (κ1) is 13.5. The van der Waals surface area contributed by atoms with Gasteiger partial charge in [0.2, 0.25) is 0 Å². The highest BCUT2D eigenvalue weighted by molar-refractivity contribution is 7.80. The van der Waals surface area contributed by atoms with Crippen molar-refractivity contribution in [3.05, 3.63) is 29.6 Å². The highest BCUT2D eigenvalue weighted by atomic mass is 32.1. The summed E-state index contributed by atoms with van der Waals surface area (Å²) in [4.78, 5) is 15.8. The van der Waals surface area contributed by atoms with E-state index in [9.17, 15) is 4.79 Å². The van der Waals surface area contributed by atoms with Gasteiger partial charge in [0.05, 0.1) is 6.61 Å². The number of hydrogen-bond donors (Lipinski definition) is 2. The molecule has 1 heterocycles. The van der Waals surface area contributed by atoms with E-state index in [1.165, 1.54) is 6.20 Å². The quantitative estimate of drug-likeness (QED) is 0.569. The number of thiocarbonyl (C=S) groups is 1. The summed E-state index contributed by atoms with van der Waals surface area (Å²) < 4.78 is 5.10. The second-order valence-electron chi connectivity index (χ2n) is 3.25. The largest absolute Gasteiger partial charge is 0.389 e. The number of carbonyl (C=O) groups excluding carboxylic acids is 1. The highest BCUT2D eigenvalue weighted by Gasteiger charge is 2.06. The van der Waals surface area contributed by atoms with Crippen LogP contribution >= 0.6 is 12.2 Å². The van der Waals surface area contributed by atoms with Crippen molar-refractivity contribution < 1.29 is 9.53 Å². The Bertz CT molecular complexity index is 392. The lowest BCUT2D eigenvalue weighted by Crippen LogP contribution is -2.28. The second-order valence-corrected chi connectivity index (χ2v) is 3.69. The molecular formula is C11H15N3O2S. The van der Waals surface area contributed by atoms with Gasteiger partial charge in [-0.2, -0.15) is 0 Å². The van der Waals surface area contributed by atoms with E-state index in [4.69, 9.17) is 22.7 Å². The maximum Gasteiger partial charge on any atom is 0.269 e. The summed E-state index contributed by atoms with van der Waals surface area (Å²) in [6.45, 7) is 3.49. The molecule has 0 aromatic carbocycles. The number of amides is 1. The Morgan fingerprint density at radius 1 is 1.59 bits per heavy atom. The minimum Gasteiger partial charge on any atom is -0.389 e. The van der Waals surface area contributed by atoms with Crippen LogP contribution in [0.25, 0.3) is 0 Å². The van der Waals surface area contributed by atoms with Gasteiger partial charge in [-0.05, 0) is 19.1 Å². The molecule has 5 nitrogen and oxygen atoms in total. The molecule has 0 unspecified atom stereocenters. The van der Waals surface area contributed by atoms with E-state index in [2.05, 4.69) is 10.3 Å². The molecule has 0 atom stereocenters. The van der Waals surface area contributed by atoms with E-state index in [0.717, 1.165) is 0 Å². The normalized spacial score (nSPS) is 9.94. The van der Waals surface area contributed by atoms with E-state index in [1.54, 1.807) is 12.1 Å². The third-order valence-corrected chi connectivity index (χ3v) is 2.25. The summed E-state index contributed by atoms with van der Waals surface area (Å²) >= 11 is 4.79. The van der Waals surface area contributed by atoms with Crippen LogP contribution in [0.4, 0.5) is 0 Å². The molecule has 1 rings (SSSR count). The Morgan fingerprint density at radius 3 is 2.88 bits per heavy atom. The van der Waals surface area contributed by atoms with E-state index in [1.807, 2.05) is 6.92 Å². The zero-order chi connectivity index (χ0) is 12.7. The fourth-order valence-electron chi connectivity index (χ4n) is 1.15. The predicted molar refractivity (Wildman–Crippen MR) is 69.0 cm³/mol. The number of aromatic nitrogens is 1. The summed E-state index contributed by atoms with van der Waals surface area (Å²) in [6.07, 6.45) is 1.49. The van der Waals surface area contributed by atoms with Crippen LogP contribution in [0.1, 0.15) is 23.0 Å². The summed E-state index contributed by atoms with van der Waals surface area (Å²) in [5, 5.41) is 2.69. The highest BCUT2D eigenvalue weighted by Crippen LogP contribution is 2.00. The van der Waals surface area contributed by atoms with E-state index < -0.39 is 0 Å². The molecule has 17 heavy (non-hydrogen) atoms. The zero-order valence-electron chi connectivity index (χ0n) is 9.60. The number of nitrogens with zero attached hydrogens (tertiary/aromatic N) is 1. The molecule has 3 N–H and O–H groups in total. The fraction of sp³-hybridized carbons (Fsp3) is 0.364. The smallest absolute Gasteiger partial charge is 0.269 e. The molecule has 1 amide bonds. The lowest BCUT2D eigenvalue weighted by atomic mass is 10.2. The number of hydrogen-bond acceptors (Lipinski definition) is 4. The van der Waals surface area contributed by atoms with Crippen LogP contribution in [0.15, 0.2) is 18.3 Å². The van der Waals surface area contributed by atoms with Crippen molar-refractivity contribution in [2.45, 2.75) is 6.92 Å². The molecule has 0 spiro atoms. The predicted octanol–water partition coefficient (Wildman–Crippen LogP) is 0.482. The number of ether oxygens (including phenoxy) is 1. The molecule has 0 aliphatic rings. The SMILES string of the molecule is CCOCCNC(=O)c1ccc(C(N)=S)cn1. The third-order valence-electron chi connectivity index (χ3n) is 2.02. The summed E-state index contributed by atoms with van der Waals surface area (Å²) in [5.41, 5.74) is 6.41. The lowest BCUT2D eigenvalue weighted by Gasteiger charge is -2.05. The number of nitrogens with two attached hydrogens (primary N) is 1. The summed E-state index contributed by atoms with van der Waals surface area (Å²) in [5.74, 6) is -0.237. The van der Waals surface area contributed by atoms with Crippen molar-refractivity contribution in [3.8, 4) is 0 Å². The molecule has 0 aliphatic carbocycles. The average Bonchev–Trinajstić information content (AvgIpc) is 2.34. The van der Waals surface area contributed by atoms with Gasteiger partial charge in [-0.3, -0.25) is 9.78 Å². The molecular weight excluding hydrogens is 238 g/mol. The van der Waals surface area contributed by atoms with Gasteiger partial charge in [-0.25, -0.2) is 0 Å². The summed E-state index contributed by atoms with van der Waals surface area (Å²) in [7, 11) is 0. The van der Waals surface area contributed by atoms with Crippen molar-refractivity contribution in [2.24, 2.45) is 5.73 Å². The van der Waals surface area contributed by atoms with Gasteiger partial charge in [0.1, 0.15) is 10.7 Å². The average molecular weight is 253 g/mol. The molecule has 0 saturated heterocycles. The maximum atomic E-state index is 11.6. The maximum absolute atomic E-state index is 11.6. The van der Waals surface area contributed by atoms with E-state index >= 15 is 0 Å². The first-order chi connectivity index (χ1) is 8.15.